The van der Waals surface area contributed by atoms with Crippen LogP contribution in [0.2, 0.25) is 0 Å². The number of carboxylic acids is 1. The summed E-state index contributed by atoms with van der Waals surface area (Å²) in [5.41, 5.74) is 1.82. The molecule has 0 aliphatic heterocycles. The summed E-state index contributed by atoms with van der Waals surface area (Å²) in [5, 5.41) is 12.9. The first-order valence-corrected chi connectivity index (χ1v) is 10.1. The summed E-state index contributed by atoms with van der Waals surface area (Å²) in [4.78, 5) is 20.1. The molecule has 2 aromatic heterocycles. The molecule has 0 saturated carbocycles. The number of pyridine rings is 2. The van der Waals surface area contributed by atoms with Gasteiger partial charge in [0.15, 0.2) is 0 Å². The number of nitrogens with zero attached hydrogens (tertiary/aromatic N) is 2. The zero-order valence-electron chi connectivity index (χ0n) is 17.1. The number of rotatable bonds is 11. The van der Waals surface area contributed by atoms with Crippen molar-refractivity contribution in [3.63, 3.8) is 0 Å². The van der Waals surface area contributed by atoms with Crippen LogP contribution < -0.4 is 10.1 Å². The topological polar surface area (TPSA) is 84.3 Å². The van der Waals surface area contributed by atoms with E-state index in [0.717, 1.165) is 35.7 Å². The van der Waals surface area contributed by atoms with Gasteiger partial charge in [0.05, 0.1) is 12.5 Å². The van der Waals surface area contributed by atoms with Crippen LogP contribution in [0.15, 0.2) is 73.2 Å². The summed E-state index contributed by atoms with van der Waals surface area (Å²) in [6.45, 7) is 3.36. The number of hydrogen-bond acceptors (Lipinski definition) is 5. The molecular weight excluding hydrogens is 378 g/mol. The monoisotopic (exact) mass is 405 g/mol. The van der Waals surface area contributed by atoms with Gasteiger partial charge in [-0.2, -0.15) is 0 Å². The molecule has 1 aromatic carbocycles. The Morgan fingerprint density at radius 2 is 1.93 bits per heavy atom. The Balaban J connectivity index is 1.46. The molecule has 0 fully saturated rings. The van der Waals surface area contributed by atoms with Crippen molar-refractivity contribution in [3.8, 4) is 5.75 Å². The molecule has 0 amide bonds. The van der Waals surface area contributed by atoms with Crippen molar-refractivity contribution in [3.05, 3.63) is 84.3 Å². The first kappa shape index (κ1) is 21.3. The number of carbonyl (C=O) groups is 1. The molecule has 6 heteroatoms. The minimum absolute atomic E-state index is 0.0591. The molecule has 6 nitrogen and oxygen atoms in total. The normalized spacial score (nSPS) is 12.7. The van der Waals surface area contributed by atoms with Gasteiger partial charge < -0.3 is 15.2 Å². The van der Waals surface area contributed by atoms with Crippen molar-refractivity contribution in [2.75, 3.05) is 18.5 Å². The van der Waals surface area contributed by atoms with Gasteiger partial charge in [0, 0.05) is 25.1 Å². The lowest BCUT2D eigenvalue weighted by atomic mass is 9.84. The second-order valence-corrected chi connectivity index (χ2v) is 7.27. The summed E-state index contributed by atoms with van der Waals surface area (Å²) in [7, 11) is 0. The van der Waals surface area contributed by atoms with Crippen molar-refractivity contribution in [1.29, 1.82) is 0 Å². The van der Waals surface area contributed by atoms with E-state index in [0.29, 0.717) is 13.0 Å². The summed E-state index contributed by atoms with van der Waals surface area (Å²) in [5.74, 6) is 0.209. The van der Waals surface area contributed by atoms with Gasteiger partial charge in [-0.1, -0.05) is 31.2 Å². The van der Waals surface area contributed by atoms with Crippen LogP contribution in [0.4, 0.5) is 5.82 Å². The number of carboxylic acid groups (broad SMARTS) is 1. The van der Waals surface area contributed by atoms with Gasteiger partial charge in [-0.3, -0.25) is 9.78 Å². The largest absolute Gasteiger partial charge is 0.494 e. The highest BCUT2D eigenvalue weighted by molar-refractivity contribution is 5.76. The fourth-order valence-corrected chi connectivity index (χ4v) is 3.43. The molecule has 0 aliphatic rings. The maximum absolute atomic E-state index is 11.8. The van der Waals surface area contributed by atoms with E-state index in [9.17, 15) is 9.90 Å². The maximum atomic E-state index is 11.8. The zero-order valence-corrected chi connectivity index (χ0v) is 17.1. The minimum atomic E-state index is -0.824. The molecule has 2 atom stereocenters. The average molecular weight is 405 g/mol. The Kier molecular flexibility index (Phi) is 7.78. The predicted octanol–water partition coefficient (Wildman–Crippen LogP) is 4.40. The Morgan fingerprint density at radius 3 is 2.60 bits per heavy atom. The lowest BCUT2D eigenvalue weighted by Gasteiger charge is -2.20. The van der Waals surface area contributed by atoms with Gasteiger partial charge >= 0.3 is 5.97 Å². The van der Waals surface area contributed by atoms with Crippen molar-refractivity contribution in [2.45, 2.75) is 25.7 Å². The number of hydrogen-bond donors (Lipinski definition) is 2. The molecule has 30 heavy (non-hydrogen) atoms. The summed E-state index contributed by atoms with van der Waals surface area (Å²) >= 11 is 0. The maximum Gasteiger partial charge on any atom is 0.311 e. The molecular formula is C24H27N3O3. The highest BCUT2D eigenvalue weighted by Crippen LogP contribution is 2.28. The fourth-order valence-electron chi connectivity index (χ4n) is 3.43. The van der Waals surface area contributed by atoms with E-state index in [1.165, 1.54) is 0 Å². The number of anilines is 1. The molecule has 156 valence electrons. The first-order chi connectivity index (χ1) is 14.6. The van der Waals surface area contributed by atoms with Gasteiger partial charge in [-0.05, 0) is 60.2 Å². The van der Waals surface area contributed by atoms with E-state index in [1.54, 1.807) is 24.7 Å². The van der Waals surface area contributed by atoms with E-state index >= 15 is 0 Å². The van der Waals surface area contributed by atoms with E-state index < -0.39 is 11.9 Å². The standard InChI is InChI=1S/C24H27N3O3/c1-18(23(24(28)29)20-6-4-12-25-17-20)16-19-8-10-21(11-9-19)30-15-5-14-27-22-7-2-3-13-26-22/h2-4,6-13,17-18,23H,5,14-16H2,1H3,(H,26,27)(H,28,29). The zero-order chi connectivity index (χ0) is 21.2. The Hall–Kier alpha value is -3.41. The van der Waals surface area contributed by atoms with Crippen molar-refractivity contribution < 1.29 is 14.6 Å². The molecule has 2 N–H and O–H groups in total. The molecule has 0 spiro atoms. The van der Waals surface area contributed by atoms with E-state index in [4.69, 9.17) is 4.74 Å². The van der Waals surface area contributed by atoms with E-state index in [1.807, 2.05) is 55.5 Å². The third kappa shape index (κ3) is 6.30. The molecule has 0 radical (unpaired) electrons. The second-order valence-electron chi connectivity index (χ2n) is 7.27. The molecule has 0 aliphatic carbocycles. The van der Waals surface area contributed by atoms with E-state index in [-0.39, 0.29) is 5.92 Å². The lowest BCUT2D eigenvalue weighted by Crippen LogP contribution is -2.21. The van der Waals surface area contributed by atoms with Crippen molar-refractivity contribution in [2.24, 2.45) is 5.92 Å². The van der Waals surface area contributed by atoms with Crippen LogP contribution >= 0.6 is 0 Å². The highest BCUT2D eigenvalue weighted by Gasteiger charge is 2.26. The molecule has 2 unspecified atom stereocenters. The fraction of sp³-hybridized carbons (Fsp3) is 0.292. The van der Waals surface area contributed by atoms with E-state index in [2.05, 4.69) is 15.3 Å². The number of benzene rings is 1. The van der Waals surface area contributed by atoms with Crippen LogP contribution in [0.3, 0.4) is 0 Å². The van der Waals surface area contributed by atoms with Crippen LogP contribution in [0, 0.1) is 5.92 Å². The van der Waals surface area contributed by atoms with Gasteiger partial charge in [-0.15, -0.1) is 0 Å². The molecule has 3 aromatic rings. The number of aliphatic carboxylic acids is 1. The van der Waals surface area contributed by atoms with Crippen LogP contribution in [0.5, 0.6) is 5.75 Å². The van der Waals surface area contributed by atoms with Crippen LogP contribution in [-0.4, -0.2) is 34.2 Å². The van der Waals surface area contributed by atoms with Gasteiger partial charge in [0.2, 0.25) is 0 Å². The van der Waals surface area contributed by atoms with Crippen molar-refractivity contribution in [1.82, 2.24) is 9.97 Å². The number of aromatic nitrogens is 2. The summed E-state index contributed by atoms with van der Waals surface area (Å²) in [6, 6.07) is 17.2. The minimum Gasteiger partial charge on any atom is -0.494 e. The Labute approximate surface area is 177 Å². The van der Waals surface area contributed by atoms with Gasteiger partial charge in [-0.25, -0.2) is 4.98 Å². The lowest BCUT2D eigenvalue weighted by molar-refractivity contribution is -0.140. The van der Waals surface area contributed by atoms with Gasteiger partial charge in [0.25, 0.3) is 0 Å². The average Bonchev–Trinajstić information content (AvgIpc) is 2.76. The number of nitrogens with one attached hydrogen (secondary N) is 1. The molecule has 2 heterocycles. The third-order valence-electron chi connectivity index (χ3n) is 4.92. The molecule has 3 rings (SSSR count). The number of ether oxygens (including phenoxy) is 1. The quantitative estimate of drug-likeness (QED) is 0.460. The second kappa shape index (κ2) is 11.0. The highest BCUT2D eigenvalue weighted by atomic mass is 16.5. The smallest absolute Gasteiger partial charge is 0.311 e. The summed E-state index contributed by atoms with van der Waals surface area (Å²) in [6.07, 6.45) is 6.58. The summed E-state index contributed by atoms with van der Waals surface area (Å²) < 4.78 is 5.80. The Bertz CT molecular complexity index is 902. The SMILES string of the molecule is CC(Cc1ccc(OCCCNc2ccccn2)cc1)C(C(=O)O)c1cccnc1. The van der Waals surface area contributed by atoms with Crippen LogP contribution in [0.1, 0.15) is 30.4 Å². The molecule has 0 saturated heterocycles. The van der Waals surface area contributed by atoms with Gasteiger partial charge in [0.1, 0.15) is 11.6 Å². The van der Waals surface area contributed by atoms with Crippen molar-refractivity contribution >= 4 is 11.8 Å². The predicted molar refractivity (Wildman–Crippen MR) is 117 cm³/mol. The van der Waals surface area contributed by atoms with Crippen LogP contribution in [-0.2, 0) is 11.2 Å². The van der Waals surface area contributed by atoms with Crippen LogP contribution in [0.25, 0.3) is 0 Å². The first-order valence-electron chi connectivity index (χ1n) is 10.1. The third-order valence-corrected chi connectivity index (χ3v) is 4.92. The molecule has 0 bridgehead atoms. The Morgan fingerprint density at radius 1 is 1.10 bits per heavy atom.